The fraction of sp³-hybridized carbons (Fsp3) is 0.571. The predicted octanol–water partition coefficient (Wildman–Crippen LogP) is 1.92. The van der Waals surface area contributed by atoms with Crippen molar-refractivity contribution >= 4 is 24.8 Å². The van der Waals surface area contributed by atoms with Crippen molar-refractivity contribution in [1.29, 1.82) is 0 Å². The second-order valence-electron chi connectivity index (χ2n) is 5.10. The third-order valence-corrected chi connectivity index (χ3v) is 3.63. The number of halogens is 2. The molecule has 2 heterocycles. The van der Waals surface area contributed by atoms with Crippen LogP contribution in [0.25, 0.3) is 0 Å². The summed E-state index contributed by atoms with van der Waals surface area (Å²) in [6.45, 7) is 6.15. The molecule has 114 valence electrons. The van der Waals surface area contributed by atoms with E-state index < -0.39 is 0 Å². The topological polar surface area (TPSA) is 24.9 Å². The smallest absolute Gasteiger partial charge is 0.161 e. The molecule has 0 radical (unpaired) electrons. The lowest BCUT2D eigenvalue weighted by Crippen LogP contribution is -2.49. The zero-order valence-electron chi connectivity index (χ0n) is 11.7. The standard InChI is InChI=1S/C14H20N2O2.2ClH/c1-15-6-8-16(9-7-15)10-12-11-17-13-4-2-3-5-14(13)18-12;;/h2-5,12H,6-11H2,1H3;2*1H. The lowest BCUT2D eigenvalue weighted by atomic mass is 10.2. The molecule has 2 aliphatic rings. The Morgan fingerprint density at radius 2 is 1.70 bits per heavy atom. The number of piperazine rings is 1. The summed E-state index contributed by atoms with van der Waals surface area (Å²) in [6.07, 6.45) is 0.156. The lowest BCUT2D eigenvalue weighted by molar-refractivity contribution is 0.0440. The van der Waals surface area contributed by atoms with Gasteiger partial charge in [-0.3, -0.25) is 4.90 Å². The Kier molecular flexibility index (Phi) is 6.89. The van der Waals surface area contributed by atoms with E-state index in [1.54, 1.807) is 0 Å². The van der Waals surface area contributed by atoms with Gasteiger partial charge in [-0.05, 0) is 19.2 Å². The third kappa shape index (κ3) is 4.16. The molecule has 6 heteroatoms. The molecule has 1 aromatic carbocycles. The molecule has 1 saturated heterocycles. The number of benzene rings is 1. The van der Waals surface area contributed by atoms with Crippen molar-refractivity contribution in [3.8, 4) is 11.5 Å². The molecule has 0 aliphatic carbocycles. The normalized spacial score (nSPS) is 22.6. The van der Waals surface area contributed by atoms with Crippen LogP contribution in [0.15, 0.2) is 24.3 Å². The van der Waals surface area contributed by atoms with Crippen molar-refractivity contribution < 1.29 is 9.47 Å². The van der Waals surface area contributed by atoms with Gasteiger partial charge in [0.05, 0.1) is 0 Å². The fourth-order valence-corrected chi connectivity index (χ4v) is 2.47. The number of likely N-dealkylation sites (N-methyl/N-ethyl adjacent to an activating group) is 1. The summed E-state index contributed by atoms with van der Waals surface area (Å²) >= 11 is 0. The van der Waals surface area contributed by atoms with E-state index in [9.17, 15) is 0 Å². The minimum Gasteiger partial charge on any atom is -0.486 e. The molecule has 1 fully saturated rings. The second-order valence-corrected chi connectivity index (χ2v) is 5.10. The van der Waals surface area contributed by atoms with Crippen LogP contribution in [0, 0.1) is 0 Å². The van der Waals surface area contributed by atoms with Crippen LogP contribution in [0.1, 0.15) is 0 Å². The minimum atomic E-state index is 0. The molecule has 20 heavy (non-hydrogen) atoms. The van der Waals surface area contributed by atoms with E-state index in [1.165, 1.54) is 0 Å². The quantitative estimate of drug-likeness (QED) is 0.831. The van der Waals surface area contributed by atoms with E-state index in [1.807, 2.05) is 24.3 Å². The largest absolute Gasteiger partial charge is 0.486 e. The van der Waals surface area contributed by atoms with Crippen molar-refractivity contribution in [2.24, 2.45) is 0 Å². The van der Waals surface area contributed by atoms with E-state index in [0.29, 0.717) is 6.61 Å². The Morgan fingerprint density at radius 1 is 1.05 bits per heavy atom. The van der Waals surface area contributed by atoms with Gasteiger partial charge in [0.25, 0.3) is 0 Å². The maximum atomic E-state index is 5.98. The van der Waals surface area contributed by atoms with E-state index >= 15 is 0 Å². The van der Waals surface area contributed by atoms with Crippen LogP contribution in [-0.2, 0) is 0 Å². The first-order valence-electron chi connectivity index (χ1n) is 6.60. The number of hydrogen-bond donors (Lipinski definition) is 0. The average molecular weight is 321 g/mol. The van der Waals surface area contributed by atoms with Crippen LogP contribution in [0.5, 0.6) is 11.5 Å². The Bertz CT molecular complexity index is 412. The first-order valence-corrected chi connectivity index (χ1v) is 6.60. The number of hydrogen-bond acceptors (Lipinski definition) is 4. The van der Waals surface area contributed by atoms with Gasteiger partial charge in [0.15, 0.2) is 11.5 Å². The average Bonchev–Trinajstić information content (AvgIpc) is 2.41. The van der Waals surface area contributed by atoms with Crippen molar-refractivity contribution in [2.75, 3.05) is 46.4 Å². The zero-order chi connectivity index (χ0) is 12.4. The van der Waals surface area contributed by atoms with Gasteiger partial charge in [-0.1, -0.05) is 12.1 Å². The summed E-state index contributed by atoms with van der Waals surface area (Å²) in [5.41, 5.74) is 0. The molecule has 0 amide bonds. The summed E-state index contributed by atoms with van der Waals surface area (Å²) < 4.78 is 11.7. The van der Waals surface area contributed by atoms with Gasteiger partial charge in [-0.15, -0.1) is 24.8 Å². The van der Waals surface area contributed by atoms with Crippen LogP contribution < -0.4 is 9.47 Å². The van der Waals surface area contributed by atoms with E-state index in [-0.39, 0.29) is 30.9 Å². The highest BCUT2D eigenvalue weighted by molar-refractivity contribution is 5.85. The predicted molar refractivity (Wildman–Crippen MR) is 84.8 cm³/mol. The lowest BCUT2D eigenvalue weighted by Gasteiger charge is -2.35. The number of para-hydroxylation sites is 2. The van der Waals surface area contributed by atoms with Gasteiger partial charge < -0.3 is 14.4 Å². The summed E-state index contributed by atoms with van der Waals surface area (Å²) in [7, 11) is 2.17. The van der Waals surface area contributed by atoms with Gasteiger partial charge in [0.2, 0.25) is 0 Å². The Hall–Kier alpha value is -0.680. The fourth-order valence-electron chi connectivity index (χ4n) is 2.47. The SMILES string of the molecule is CN1CCN(CC2COc3ccccc3O2)CC1.Cl.Cl. The molecule has 4 nitrogen and oxygen atoms in total. The first-order chi connectivity index (χ1) is 8.81. The molecule has 1 aromatic rings. The minimum absolute atomic E-state index is 0. The molecule has 0 aromatic heterocycles. The van der Waals surface area contributed by atoms with Crippen LogP contribution >= 0.6 is 24.8 Å². The molecule has 2 aliphatic heterocycles. The van der Waals surface area contributed by atoms with E-state index in [2.05, 4.69) is 16.8 Å². The Balaban J connectivity index is 0.000001000. The molecular formula is C14H22Cl2N2O2. The number of rotatable bonds is 2. The highest BCUT2D eigenvalue weighted by atomic mass is 35.5. The molecule has 0 bridgehead atoms. The second kappa shape index (κ2) is 7.93. The van der Waals surface area contributed by atoms with Crippen molar-refractivity contribution in [3.63, 3.8) is 0 Å². The van der Waals surface area contributed by atoms with Crippen LogP contribution in [0.4, 0.5) is 0 Å². The van der Waals surface area contributed by atoms with E-state index in [0.717, 1.165) is 44.2 Å². The molecule has 0 N–H and O–H groups in total. The molecule has 1 unspecified atom stereocenters. The van der Waals surface area contributed by atoms with Gasteiger partial charge in [0, 0.05) is 32.7 Å². The van der Waals surface area contributed by atoms with Gasteiger partial charge in [-0.2, -0.15) is 0 Å². The molecule has 0 spiro atoms. The summed E-state index contributed by atoms with van der Waals surface area (Å²) in [6, 6.07) is 7.90. The number of ether oxygens (including phenoxy) is 2. The molecule has 0 saturated carbocycles. The summed E-state index contributed by atoms with van der Waals surface area (Å²) in [5.74, 6) is 1.75. The maximum Gasteiger partial charge on any atom is 0.161 e. The number of nitrogens with zero attached hydrogens (tertiary/aromatic N) is 2. The molecule has 1 atom stereocenters. The van der Waals surface area contributed by atoms with Crippen LogP contribution in [-0.4, -0.2) is 62.3 Å². The summed E-state index contributed by atoms with van der Waals surface area (Å²) in [5, 5.41) is 0. The first kappa shape index (κ1) is 17.4. The van der Waals surface area contributed by atoms with Gasteiger partial charge in [0.1, 0.15) is 12.7 Å². The highest BCUT2D eigenvalue weighted by Gasteiger charge is 2.24. The van der Waals surface area contributed by atoms with Gasteiger partial charge in [-0.25, -0.2) is 0 Å². The third-order valence-electron chi connectivity index (χ3n) is 3.63. The zero-order valence-corrected chi connectivity index (χ0v) is 13.3. The van der Waals surface area contributed by atoms with Crippen molar-refractivity contribution in [1.82, 2.24) is 9.80 Å². The van der Waals surface area contributed by atoms with Crippen molar-refractivity contribution in [3.05, 3.63) is 24.3 Å². The Labute approximate surface area is 132 Å². The highest BCUT2D eigenvalue weighted by Crippen LogP contribution is 2.31. The number of fused-ring (bicyclic) bond motifs is 1. The van der Waals surface area contributed by atoms with E-state index in [4.69, 9.17) is 9.47 Å². The monoisotopic (exact) mass is 320 g/mol. The van der Waals surface area contributed by atoms with Crippen molar-refractivity contribution in [2.45, 2.75) is 6.10 Å². The van der Waals surface area contributed by atoms with Gasteiger partial charge >= 0.3 is 0 Å². The Morgan fingerprint density at radius 3 is 2.40 bits per heavy atom. The van der Waals surface area contributed by atoms with Crippen LogP contribution in [0.3, 0.4) is 0 Å². The molecule has 3 rings (SSSR count). The summed E-state index contributed by atoms with van der Waals surface area (Å²) in [4.78, 5) is 4.83. The van der Waals surface area contributed by atoms with Crippen LogP contribution in [0.2, 0.25) is 0 Å². The maximum absolute atomic E-state index is 5.98. The molecular weight excluding hydrogens is 299 g/mol.